The molecule has 0 unspecified atom stereocenters. The first-order chi connectivity index (χ1) is 26.0. The molecule has 0 saturated carbocycles. The predicted octanol–water partition coefficient (Wildman–Crippen LogP) is 6.76. The number of fused-ring (bicyclic) bond motifs is 3. The summed E-state index contributed by atoms with van der Waals surface area (Å²) < 4.78 is 15.8. The molecular weight excluding hydrogens is 692 g/mol. The van der Waals surface area contributed by atoms with Gasteiger partial charge in [0.05, 0.1) is 27.8 Å². The minimum absolute atomic E-state index is 0.0225. The molecule has 0 amide bonds. The lowest BCUT2D eigenvalue weighted by atomic mass is 10.0. The largest absolute Gasteiger partial charge is 0.497 e. The summed E-state index contributed by atoms with van der Waals surface area (Å²) in [5, 5.41) is 18.8. The van der Waals surface area contributed by atoms with Crippen molar-refractivity contribution < 1.29 is 43.6 Å². The molecule has 3 aromatic heterocycles. The summed E-state index contributed by atoms with van der Waals surface area (Å²) in [5.41, 5.74) is 12.4. The molecule has 0 atom stereocenters. The zero-order chi connectivity index (χ0) is 39.0. The van der Waals surface area contributed by atoms with Crippen molar-refractivity contribution in [3.8, 4) is 17.2 Å². The number of aromatic nitrogens is 3. The molecular formula is C41H48N4O9. The third kappa shape index (κ3) is 11.7. The highest BCUT2D eigenvalue weighted by Gasteiger charge is 2.12. The van der Waals surface area contributed by atoms with E-state index in [2.05, 4.69) is 15.0 Å². The molecule has 3 aromatic carbocycles. The summed E-state index contributed by atoms with van der Waals surface area (Å²) in [7, 11) is 4.98. The fourth-order valence-electron chi connectivity index (χ4n) is 6.11. The van der Waals surface area contributed by atoms with Gasteiger partial charge in [0.15, 0.2) is 0 Å². The Hall–Kier alpha value is -6.08. The summed E-state index contributed by atoms with van der Waals surface area (Å²) >= 11 is 0. The molecule has 13 heteroatoms. The Bertz CT molecular complexity index is 2070. The van der Waals surface area contributed by atoms with Crippen LogP contribution in [0.25, 0.3) is 32.7 Å². The van der Waals surface area contributed by atoms with Gasteiger partial charge in [-0.3, -0.25) is 19.2 Å². The third-order valence-corrected chi connectivity index (χ3v) is 8.84. The molecule has 13 nitrogen and oxygen atoms in total. The topological polar surface area (TPSA) is 210 Å². The second-order valence-corrected chi connectivity index (χ2v) is 12.6. The Labute approximate surface area is 312 Å². The van der Waals surface area contributed by atoms with E-state index < -0.39 is 18.4 Å². The van der Waals surface area contributed by atoms with Crippen molar-refractivity contribution in [1.82, 2.24) is 15.0 Å². The molecule has 0 aliphatic rings. The van der Waals surface area contributed by atoms with Crippen molar-refractivity contribution in [2.24, 2.45) is 5.73 Å². The van der Waals surface area contributed by atoms with Crippen molar-refractivity contribution in [3.63, 3.8) is 0 Å². The van der Waals surface area contributed by atoms with Gasteiger partial charge in [-0.25, -0.2) is 0 Å². The first kappa shape index (κ1) is 40.7. The van der Waals surface area contributed by atoms with Gasteiger partial charge in [-0.2, -0.15) is 0 Å². The predicted molar refractivity (Wildman–Crippen MR) is 208 cm³/mol. The molecule has 0 spiro atoms. The van der Waals surface area contributed by atoms with Crippen molar-refractivity contribution in [2.45, 2.75) is 57.8 Å². The Morgan fingerprint density at radius 1 is 0.556 bits per heavy atom. The average molecular weight is 741 g/mol. The van der Waals surface area contributed by atoms with E-state index in [0.29, 0.717) is 19.4 Å². The number of Topliss-reactive ketones (excluding diaryl/α,β-unsaturated/α-hetero) is 2. The summed E-state index contributed by atoms with van der Waals surface area (Å²) in [4.78, 5) is 53.2. The number of benzene rings is 3. The quantitative estimate of drug-likeness (QED) is 0.0541. The number of hydrogen-bond acceptors (Lipinski definition) is 8. The first-order valence-electron chi connectivity index (χ1n) is 17.6. The number of ether oxygens (including phenoxy) is 3. The van der Waals surface area contributed by atoms with Crippen LogP contribution in [0.2, 0.25) is 0 Å². The molecule has 286 valence electrons. The van der Waals surface area contributed by atoms with Crippen LogP contribution in [0.1, 0.15) is 55.2 Å². The smallest absolute Gasteiger partial charge is 0.314 e. The SMILES string of the molecule is COc1ccc2[nH]cc(CCCC(=O)CC(=O)CCCc3c[nH]c4ccc(OC)cc34)c2c1.COc1ccc2[nH]cc(CCN)c2c1.O=C(O)CC(=O)O. The van der Waals surface area contributed by atoms with Crippen LogP contribution in [0, 0.1) is 0 Å². The van der Waals surface area contributed by atoms with E-state index in [1.165, 1.54) is 22.1 Å². The van der Waals surface area contributed by atoms with Gasteiger partial charge in [0.2, 0.25) is 0 Å². The van der Waals surface area contributed by atoms with Gasteiger partial charge in [0, 0.05) is 64.1 Å². The van der Waals surface area contributed by atoms with Gasteiger partial charge in [-0.15, -0.1) is 0 Å². The van der Waals surface area contributed by atoms with Crippen molar-refractivity contribution >= 4 is 56.2 Å². The van der Waals surface area contributed by atoms with Crippen LogP contribution < -0.4 is 19.9 Å². The summed E-state index contributed by atoms with van der Waals surface area (Å²) in [5.74, 6) is -0.0625. The second kappa shape index (κ2) is 20.2. The number of aromatic amines is 3. The van der Waals surface area contributed by atoms with Crippen LogP contribution in [-0.2, 0) is 38.4 Å². The number of nitrogens with one attached hydrogen (secondary N) is 3. The Kier molecular flexibility index (Phi) is 15.2. The van der Waals surface area contributed by atoms with Crippen LogP contribution >= 0.6 is 0 Å². The summed E-state index contributed by atoms with van der Waals surface area (Å²) in [6, 6.07) is 17.9. The van der Waals surface area contributed by atoms with E-state index in [9.17, 15) is 19.2 Å². The van der Waals surface area contributed by atoms with E-state index >= 15 is 0 Å². The number of carboxylic acids is 2. The number of nitrogens with two attached hydrogens (primary N) is 1. The van der Waals surface area contributed by atoms with E-state index in [0.717, 1.165) is 76.7 Å². The standard InChI is InChI=1S/C27H30N2O4.C11H14N2O.C3H4O4/c1-32-22-9-11-26-24(14-22)18(16-28-26)5-3-7-20(30)13-21(31)8-4-6-19-17-29-27-12-10-23(33-2)15-25(19)27;1-14-9-2-3-11-10(6-9)8(4-5-12)7-13-11;4-2(5)1-3(6)7/h9-12,14-17,28-29H,3-8,13H2,1-2H3;2-3,6-7,13H,4-5,12H2,1H3;1H2,(H,4,5)(H,6,7). The Morgan fingerprint density at radius 2 is 0.907 bits per heavy atom. The number of carbonyl (C=O) groups is 4. The maximum atomic E-state index is 12.3. The Morgan fingerprint density at radius 3 is 1.20 bits per heavy atom. The number of ketones is 2. The van der Waals surface area contributed by atoms with Gasteiger partial charge in [-0.1, -0.05) is 0 Å². The molecule has 7 N–H and O–H groups in total. The highest BCUT2D eigenvalue weighted by atomic mass is 16.5. The van der Waals surface area contributed by atoms with Crippen molar-refractivity contribution in [1.29, 1.82) is 0 Å². The number of methoxy groups -OCH3 is 3. The zero-order valence-corrected chi connectivity index (χ0v) is 30.8. The average Bonchev–Trinajstić information content (AvgIpc) is 3.88. The third-order valence-electron chi connectivity index (χ3n) is 8.84. The molecule has 54 heavy (non-hydrogen) atoms. The van der Waals surface area contributed by atoms with Gasteiger partial charge >= 0.3 is 11.9 Å². The molecule has 0 bridgehead atoms. The molecule has 6 aromatic rings. The summed E-state index contributed by atoms with van der Waals surface area (Å²) in [6.45, 7) is 0.671. The fourth-order valence-corrected chi connectivity index (χ4v) is 6.11. The van der Waals surface area contributed by atoms with Crippen LogP contribution in [0.15, 0.2) is 73.2 Å². The maximum Gasteiger partial charge on any atom is 0.314 e. The summed E-state index contributed by atoms with van der Waals surface area (Å²) in [6.07, 6.45) is 9.98. The zero-order valence-electron chi connectivity index (χ0n) is 30.8. The van der Waals surface area contributed by atoms with Gasteiger partial charge < -0.3 is 45.1 Å². The molecule has 0 aliphatic carbocycles. The molecule has 0 radical (unpaired) electrons. The number of carboxylic acid groups (broad SMARTS) is 2. The van der Waals surface area contributed by atoms with Crippen LogP contribution in [0.5, 0.6) is 17.2 Å². The normalized spacial score (nSPS) is 10.7. The van der Waals surface area contributed by atoms with Crippen LogP contribution in [0.3, 0.4) is 0 Å². The molecule has 0 fully saturated rings. The van der Waals surface area contributed by atoms with Crippen molar-refractivity contribution in [2.75, 3.05) is 27.9 Å². The minimum atomic E-state index is -1.31. The lowest BCUT2D eigenvalue weighted by Gasteiger charge is -2.04. The van der Waals surface area contributed by atoms with E-state index in [1.807, 2.05) is 73.2 Å². The highest BCUT2D eigenvalue weighted by Crippen LogP contribution is 2.27. The number of hydrogen-bond donors (Lipinski definition) is 6. The second-order valence-electron chi connectivity index (χ2n) is 12.6. The van der Waals surface area contributed by atoms with Crippen LogP contribution in [0.4, 0.5) is 0 Å². The number of aliphatic carboxylic acids is 2. The number of carbonyl (C=O) groups excluding carboxylic acids is 2. The lowest BCUT2D eigenvalue weighted by molar-refractivity contribution is -0.147. The number of aryl methyl sites for hydroxylation is 2. The molecule has 3 heterocycles. The number of H-pyrrole nitrogens is 3. The van der Waals surface area contributed by atoms with Gasteiger partial charge in [-0.05, 0) is 110 Å². The van der Waals surface area contributed by atoms with Gasteiger partial charge in [0.1, 0.15) is 35.2 Å². The minimum Gasteiger partial charge on any atom is -0.497 e. The van der Waals surface area contributed by atoms with Crippen molar-refractivity contribution in [3.05, 3.63) is 89.9 Å². The number of rotatable bonds is 17. The monoisotopic (exact) mass is 740 g/mol. The molecule has 0 aliphatic heterocycles. The molecule has 0 saturated heterocycles. The van der Waals surface area contributed by atoms with Gasteiger partial charge in [0.25, 0.3) is 0 Å². The van der Waals surface area contributed by atoms with E-state index in [-0.39, 0.29) is 18.0 Å². The maximum absolute atomic E-state index is 12.3. The lowest BCUT2D eigenvalue weighted by Crippen LogP contribution is -2.08. The van der Waals surface area contributed by atoms with E-state index in [1.54, 1.807) is 21.3 Å². The Balaban J connectivity index is 0.000000253. The van der Waals surface area contributed by atoms with E-state index in [4.69, 9.17) is 30.2 Å². The van der Waals surface area contributed by atoms with Crippen LogP contribution in [-0.4, -0.2) is 76.5 Å². The molecule has 6 rings (SSSR count). The highest BCUT2D eigenvalue weighted by molar-refractivity contribution is 5.99. The first-order valence-corrected chi connectivity index (χ1v) is 17.6. The fraction of sp³-hybridized carbons (Fsp3) is 0.317.